The van der Waals surface area contributed by atoms with E-state index < -0.39 is 0 Å². The van der Waals surface area contributed by atoms with Crippen molar-refractivity contribution in [3.05, 3.63) is 36.7 Å². The number of aromatic nitrogens is 4. The minimum absolute atomic E-state index is 0.337. The van der Waals surface area contributed by atoms with Crippen LogP contribution in [0.3, 0.4) is 0 Å². The molecule has 0 atom stereocenters. The molecule has 5 nitrogen and oxygen atoms in total. The van der Waals surface area contributed by atoms with E-state index in [4.69, 9.17) is 5.73 Å². The lowest BCUT2D eigenvalue weighted by Crippen LogP contribution is -1.98. The van der Waals surface area contributed by atoms with Crippen molar-refractivity contribution >= 4 is 0 Å². The van der Waals surface area contributed by atoms with Crippen LogP contribution in [0.1, 0.15) is 5.56 Å². The van der Waals surface area contributed by atoms with Crippen molar-refractivity contribution < 1.29 is 0 Å². The second-order valence-corrected chi connectivity index (χ2v) is 2.75. The maximum absolute atomic E-state index is 5.26. The molecule has 0 aliphatic heterocycles. The molecule has 2 rings (SSSR count). The summed E-state index contributed by atoms with van der Waals surface area (Å²) in [6, 6.07) is 0. The number of nitrogens with two attached hydrogens (primary N) is 1. The average molecular weight is 199 g/mol. The van der Waals surface area contributed by atoms with Crippen molar-refractivity contribution in [1.29, 1.82) is 0 Å². The first-order valence-electron chi connectivity index (χ1n) is 4.39. The van der Waals surface area contributed by atoms with Crippen LogP contribution in [0.25, 0.3) is 5.95 Å². The summed E-state index contributed by atoms with van der Waals surface area (Å²) in [6.07, 6.45) is 8.41. The Labute approximate surface area is 87.0 Å². The predicted molar refractivity (Wildman–Crippen MR) is 55.1 cm³/mol. The van der Waals surface area contributed by atoms with E-state index >= 15 is 0 Å². The lowest BCUT2D eigenvalue weighted by atomic mass is 10.3. The van der Waals surface area contributed by atoms with Crippen molar-refractivity contribution in [2.24, 2.45) is 5.73 Å². The highest BCUT2D eigenvalue weighted by Crippen LogP contribution is 1.99. The first kappa shape index (κ1) is 9.37. The SMILES string of the molecule is NCC#Cc1cnc(-n2ccnc2)nc1. The molecule has 0 saturated carbocycles. The molecule has 0 radical (unpaired) electrons. The summed E-state index contributed by atoms with van der Waals surface area (Å²) >= 11 is 0. The van der Waals surface area contributed by atoms with E-state index in [9.17, 15) is 0 Å². The van der Waals surface area contributed by atoms with Gasteiger partial charge in [0.05, 0.1) is 12.1 Å². The van der Waals surface area contributed by atoms with Crippen LogP contribution in [-0.2, 0) is 0 Å². The summed E-state index contributed by atoms with van der Waals surface area (Å²) in [5, 5.41) is 0. The second kappa shape index (κ2) is 4.35. The molecule has 74 valence electrons. The first-order valence-corrected chi connectivity index (χ1v) is 4.39. The fourth-order valence-electron chi connectivity index (χ4n) is 1.05. The summed E-state index contributed by atoms with van der Waals surface area (Å²) in [6.45, 7) is 0.337. The summed E-state index contributed by atoms with van der Waals surface area (Å²) in [4.78, 5) is 12.2. The van der Waals surface area contributed by atoms with Crippen molar-refractivity contribution in [3.8, 4) is 17.8 Å². The van der Waals surface area contributed by atoms with Crippen molar-refractivity contribution in [3.63, 3.8) is 0 Å². The summed E-state index contributed by atoms with van der Waals surface area (Å²) in [7, 11) is 0. The smallest absolute Gasteiger partial charge is 0.234 e. The number of nitrogens with zero attached hydrogens (tertiary/aromatic N) is 4. The van der Waals surface area contributed by atoms with Crippen molar-refractivity contribution in [1.82, 2.24) is 19.5 Å². The maximum atomic E-state index is 5.26. The predicted octanol–water partition coefficient (Wildman–Crippen LogP) is -0.0275. The van der Waals surface area contributed by atoms with Crippen LogP contribution >= 0.6 is 0 Å². The lowest BCUT2D eigenvalue weighted by Gasteiger charge is -1.97. The van der Waals surface area contributed by atoms with E-state index in [1.165, 1.54) is 0 Å². The Morgan fingerprint density at radius 3 is 2.73 bits per heavy atom. The van der Waals surface area contributed by atoms with E-state index in [1.807, 2.05) is 0 Å². The minimum atomic E-state index is 0.337. The third kappa shape index (κ3) is 2.18. The standard InChI is InChI=1S/C10H9N5/c11-3-1-2-9-6-13-10(14-7-9)15-5-4-12-8-15/h4-8H,3,11H2. The average Bonchev–Trinajstić information content (AvgIpc) is 2.80. The second-order valence-electron chi connectivity index (χ2n) is 2.75. The summed E-state index contributed by atoms with van der Waals surface area (Å²) in [5.74, 6) is 6.16. The van der Waals surface area contributed by atoms with Gasteiger partial charge in [0, 0.05) is 24.8 Å². The van der Waals surface area contributed by atoms with Crippen LogP contribution in [0.2, 0.25) is 0 Å². The van der Waals surface area contributed by atoms with Crippen LogP contribution in [0.4, 0.5) is 0 Å². The third-order valence-electron chi connectivity index (χ3n) is 1.71. The highest BCUT2D eigenvalue weighted by Gasteiger charge is 1.97. The molecule has 5 heteroatoms. The molecule has 2 aromatic heterocycles. The molecule has 2 aromatic rings. The van der Waals surface area contributed by atoms with Gasteiger partial charge in [0.15, 0.2) is 0 Å². The van der Waals surface area contributed by atoms with Gasteiger partial charge in [-0.15, -0.1) is 0 Å². The van der Waals surface area contributed by atoms with Crippen LogP contribution < -0.4 is 5.73 Å². The van der Waals surface area contributed by atoms with Gasteiger partial charge in [-0.2, -0.15) is 0 Å². The summed E-state index contributed by atoms with van der Waals surface area (Å²) in [5.41, 5.74) is 6.01. The van der Waals surface area contributed by atoms with Gasteiger partial charge in [0.1, 0.15) is 6.33 Å². The molecule has 0 fully saturated rings. The van der Waals surface area contributed by atoms with E-state index in [2.05, 4.69) is 26.8 Å². The Morgan fingerprint density at radius 2 is 2.13 bits per heavy atom. The fourth-order valence-corrected chi connectivity index (χ4v) is 1.05. The van der Waals surface area contributed by atoms with Gasteiger partial charge in [-0.05, 0) is 0 Å². The highest BCUT2D eigenvalue weighted by atomic mass is 15.2. The number of rotatable bonds is 1. The Kier molecular flexibility index (Phi) is 2.72. The van der Waals surface area contributed by atoms with E-state index in [0.29, 0.717) is 12.5 Å². The van der Waals surface area contributed by atoms with Gasteiger partial charge >= 0.3 is 0 Å². The highest BCUT2D eigenvalue weighted by molar-refractivity contribution is 5.31. The zero-order valence-electron chi connectivity index (χ0n) is 7.96. The number of imidazole rings is 1. The van der Waals surface area contributed by atoms with E-state index in [-0.39, 0.29) is 0 Å². The molecule has 0 saturated heterocycles. The molecule has 0 aliphatic rings. The van der Waals surface area contributed by atoms with Crippen molar-refractivity contribution in [2.45, 2.75) is 0 Å². The van der Waals surface area contributed by atoms with Gasteiger partial charge in [0.25, 0.3) is 0 Å². The number of hydrogen-bond donors (Lipinski definition) is 1. The Morgan fingerprint density at radius 1 is 1.33 bits per heavy atom. The van der Waals surface area contributed by atoms with E-state index in [0.717, 1.165) is 5.56 Å². The summed E-state index contributed by atoms with van der Waals surface area (Å²) < 4.78 is 1.72. The molecule has 2 N–H and O–H groups in total. The molecule has 0 unspecified atom stereocenters. The molecule has 0 amide bonds. The van der Waals surface area contributed by atoms with Gasteiger partial charge in [0.2, 0.25) is 5.95 Å². The van der Waals surface area contributed by atoms with E-state index in [1.54, 1.807) is 35.7 Å². The largest absolute Gasteiger partial charge is 0.320 e. The lowest BCUT2D eigenvalue weighted by molar-refractivity contribution is 0.923. The molecule has 15 heavy (non-hydrogen) atoms. The normalized spacial score (nSPS) is 9.40. The molecular formula is C10H9N5. The maximum Gasteiger partial charge on any atom is 0.234 e. The van der Waals surface area contributed by atoms with Gasteiger partial charge in [-0.1, -0.05) is 11.8 Å². The molecule has 0 aromatic carbocycles. The monoisotopic (exact) mass is 199 g/mol. The van der Waals surface area contributed by atoms with Gasteiger partial charge in [-0.25, -0.2) is 15.0 Å². The molecular weight excluding hydrogens is 190 g/mol. The fraction of sp³-hybridized carbons (Fsp3) is 0.100. The van der Waals surface area contributed by atoms with Crippen LogP contribution in [-0.4, -0.2) is 26.1 Å². The Bertz CT molecular complexity index is 475. The van der Waals surface area contributed by atoms with Gasteiger partial charge in [-0.3, -0.25) is 4.57 Å². The number of hydrogen-bond acceptors (Lipinski definition) is 4. The minimum Gasteiger partial charge on any atom is -0.320 e. The molecule has 0 aliphatic carbocycles. The first-order chi connectivity index (χ1) is 7.40. The topological polar surface area (TPSA) is 69.6 Å². The zero-order valence-corrected chi connectivity index (χ0v) is 7.96. The molecule has 0 spiro atoms. The zero-order chi connectivity index (χ0) is 10.5. The Hall–Kier alpha value is -2.19. The van der Waals surface area contributed by atoms with Crippen LogP contribution in [0.5, 0.6) is 0 Å². The van der Waals surface area contributed by atoms with Crippen LogP contribution in [0, 0.1) is 11.8 Å². The molecule has 0 bridgehead atoms. The molecule has 2 heterocycles. The third-order valence-corrected chi connectivity index (χ3v) is 1.71. The quantitative estimate of drug-likeness (QED) is 0.655. The van der Waals surface area contributed by atoms with Crippen molar-refractivity contribution in [2.75, 3.05) is 6.54 Å². The Balaban J connectivity index is 2.25. The van der Waals surface area contributed by atoms with Gasteiger partial charge < -0.3 is 5.73 Å². The van der Waals surface area contributed by atoms with Crippen LogP contribution in [0.15, 0.2) is 31.1 Å².